The van der Waals surface area contributed by atoms with E-state index >= 15 is 0 Å². The molecule has 0 atom stereocenters. The Bertz CT molecular complexity index is 550. The van der Waals surface area contributed by atoms with Gasteiger partial charge in [-0.25, -0.2) is 0 Å². The molecule has 0 unspecified atom stereocenters. The van der Waals surface area contributed by atoms with Gasteiger partial charge in [0.15, 0.2) is 0 Å². The van der Waals surface area contributed by atoms with Crippen LogP contribution in [0.15, 0.2) is 42.5 Å². The minimum absolute atomic E-state index is 0.658. The van der Waals surface area contributed by atoms with E-state index in [2.05, 4.69) is 0 Å². The van der Waals surface area contributed by atoms with Crippen molar-refractivity contribution < 1.29 is 4.74 Å². The molecule has 2 aromatic rings. The fraction of sp³-hybridized carbons (Fsp3) is 0.200. The Morgan fingerprint density at radius 1 is 1.06 bits per heavy atom. The van der Waals surface area contributed by atoms with E-state index < -0.39 is 0 Å². The van der Waals surface area contributed by atoms with E-state index in [1.54, 1.807) is 0 Å². The Balaban J connectivity index is 2.25. The van der Waals surface area contributed by atoms with Gasteiger partial charge in [-0.05, 0) is 36.8 Å². The first-order valence-electron chi connectivity index (χ1n) is 5.87. The van der Waals surface area contributed by atoms with Crippen molar-refractivity contribution in [2.75, 3.05) is 24.7 Å². The Morgan fingerprint density at radius 2 is 1.83 bits per heavy atom. The van der Waals surface area contributed by atoms with E-state index in [1.165, 1.54) is 0 Å². The van der Waals surface area contributed by atoms with E-state index in [0.717, 1.165) is 17.0 Å². The molecule has 0 aliphatic heterocycles. The van der Waals surface area contributed by atoms with E-state index in [4.69, 9.17) is 10.5 Å². The van der Waals surface area contributed by atoms with Crippen molar-refractivity contribution in [3.63, 3.8) is 0 Å². The van der Waals surface area contributed by atoms with Crippen molar-refractivity contribution in [2.24, 2.45) is 0 Å². The lowest BCUT2D eigenvalue weighted by Crippen LogP contribution is -2.08. The summed E-state index contributed by atoms with van der Waals surface area (Å²) in [6.45, 7) is 2.01. The number of hydrogen-bond acceptors (Lipinski definition) is 3. The first-order chi connectivity index (χ1) is 8.56. The second kappa shape index (κ2) is 5.00. The highest BCUT2D eigenvalue weighted by Gasteiger charge is 2.03. The highest BCUT2D eigenvalue weighted by molar-refractivity contribution is 5.57. The third-order valence-corrected chi connectivity index (χ3v) is 2.73. The Kier molecular flexibility index (Phi) is 3.42. The monoisotopic (exact) mass is 242 g/mol. The van der Waals surface area contributed by atoms with E-state index in [9.17, 15) is 0 Å². The molecule has 0 aliphatic rings. The van der Waals surface area contributed by atoms with Crippen molar-refractivity contribution in [1.29, 1.82) is 0 Å². The number of nitrogen functional groups attached to an aromatic ring is 1. The van der Waals surface area contributed by atoms with Crippen molar-refractivity contribution >= 4 is 11.4 Å². The summed E-state index contributed by atoms with van der Waals surface area (Å²) in [7, 11) is 4.00. The zero-order valence-electron chi connectivity index (χ0n) is 11.0. The topological polar surface area (TPSA) is 38.5 Å². The van der Waals surface area contributed by atoms with Gasteiger partial charge in [-0.15, -0.1) is 0 Å². The van der Waals surface area contributed by atoms with Crippen LogP contribution in [0.25, 0.3) is 0 Å². The van der Waals surface area contributed by atoms with Gasteiger partial charge in [0.25, 0.3) is 0 Å². The van der Waals surface area contributed by atoms with Crippen LogP contribution in [0.1, 0.15) is 5.56 Å². The lowest BCUT2D eigenvalue weighted by atomic mass is 10.2. The number of aryl methyl sites for hydroxylation is 1. The van der Waals surface area contributed by atoms with Crippen LogP contribution in [0.4, 0.5) is 11.4 Å². The summed E-state index contributed by atoms with van der Waals surface area (Å²) in [6, 6.07) is 13.7. The van der Waals surface area contributed by atoms with Crippen LogP contribution in [0.3, 0.4) is 0 Å². The normalized spacial score (nSPS) is 10.2. The van der Waals surface area contributed by atoms with Gasteiger partial charge >= 0.3 is 0 Å². The molecule has 2 N–H and O–H groups in total. The van der Waals surface area contributed by atoms with Gasteiger partial charge in [0.1, 0.15) is 11.5 Å². The van der Waals surface area contributed by atoms with Crippen LogP contribution in [0.2, 0.25) is 0 Å². The minimum Gasteiger partial charge on any atom is -0.455 e. The Labute approximate surface area is 108 Å². The molecule has 0 saturated carbocycles. The quantitative estimate of drug-likeness (QED) is 0.838. The molecule has 2 aromatic carbocycles. The molecular formula is C15H18N2O. The molecule has 94 valence electrons. The maximum Gasteiger partial charge on any atom is 0.150 e. The van der Waals surface area contributed by atoms with Crippen molar-refractivity contribution in [3.8, 4) is 11.5 Å². The summed E-state index contributed by atoms with van der Waals surface area (Å²) in [6.07, 6.45) is 0. The second-order valence-electron chi connectivity index (χ2n) is 4.54. The predicted octanol–water partition coefficient (Wildman–Crippen LogP) is 3.44. The van der Waals surface area contributed by atoms with Gasteiger partial charge < -0.3 is 15.4 Å². The van der Waals surface area contributed by atoms with Crippen LogP contribution in [-0.4, -0.2) is 14.1 Å². The summed E-state index contributed by atoms with van der Waals surface area (Å²) in [5, 5.41) is 0. The zero-order valence-corrected chi connectivity index (χ0v) is 11.0. The first kappa shape index (κ1) is 12.3. The smallest absolute Gasteiger partial charge is 0.150 e. The van der Waals surface area contributed by atoms with E-state index in [0.29, 0.717) is 11.4 Å². The standard InChI is InChI=1S/C15H18N2O/c1-11-7-8-15(14(16)9-11)18-13-6-4-5-12(10-13)17(2)3/h4-10H,16H2,1-3H3. The van der Waals surface area contributed by atoms with Crippen molar-refractivity contribution in [3.05, 3.63) is 48.0 Å². The van der Waals surface area contributed by atoms with Crippen molar-refractivity contribution in [1.82, 2.24) is 0 Å². The fourth-order valence-electron chi connectivity index (χ4n) is 1.71. The zero-order chi connectivity index (χ0) is 13.1. The summed E-state index contributed by atoms with van der Waals surface area (Å²) >= 11 is 0. The highest BCUT2D eigenvalue weighted by atomic mass is 16.5. The van der Waals surface area contributed by atoms with Gasteiger partial charge in [-0.1, -0.05) is 12.1 Å². The lowest BCUT2D eigenvalue weighted by molar-refractivity contribution is 0.485. The maximum atomic E-state index is 5.93. The predicted molar refractivity (Wildman–Crippen MR) is 76.4 cm³/mol. The molecular weight excluding hydrogens is 224 g/mol. The summed E-state index contributed by atoms with van der Waals surface area (Å²) < 4.78 is 5.80. The molecule has 18 heavy (non-hydrogen) atoms. The van der Waals surface area contributed by atoms with Gasteiger partial charge in [0.05, 0.1) is 5.69 Å². The molecule has 0 aliphatic carbocycles. The third kappa shape index (κ3) is 2.74. The van der Waals surface area contributed by atoms with E-state index in [1.807, 2.05) is 68.4 Å². The minimum atomic E-state index is 0.658. The molecule has 0 spiro atoms. The number of rotatable bonds is 3. The van der Waals surface area contributed by atoms with Crippen LogP contribution >= 0.6 is 0 Å². The lowest BCUT2D eigenvalue weighted by Gasteiger charge is -2.14. The van der Waals surface area contributed by atoms with Crippen LogP contribution in [-0.2, 0) is 0 Å². The molecule has 0 fully saturated rings. The summed E-state index contributed by atoms with van der Waals surface area (Å²) in [5.74, 6) is 1.48. The van der Waals surface area contributed by atoms with Crippen molar-refractivity contribution in [2.45, 2.75) is 6.92 Å². The molecule has 2 rings (SSSR count). The molecule has 3 nitrogen and oxygen atoms in total. The summed E-state index contributed by atoms with van der Waals surface area (Å²) in [5.41, 5.74) is 8.81. The first-order valence-corrected chi connectivity index (χ1v) is 5.87. The number of nitrogens with two attached hydrogens (primary N) is 1. The largest absolute Gasteiger partial charge is 0.455 e. The van der Waals surface area contributed by atoms with Crippen LogP contribution in [0.5, 0.6) is 11.5 Å². The van der Waals surface area contributed by atoms with Gasteiger partial charge in [0.2, 0.25) is 0 Å². The summed E-state index contributed by atoms with van der Waals surface area (Å²) in [4.78, 5) is 2.03. The molecule has 0 heterocycles. The average molecular weight is 242 g/mol. The number of benzene rings is 2. The highest BCUT2D eigenvalue weighted by Crippen LogP contribution is 2.29. The third-order valence-electron chi connectivity index (χ3n) is 2.73. The van der Waals surface area contributed by atoms with Crippen LogP contribution in [0, 0.1) is 6.92 Å². The number of ether oxygens (including phenoxy) is 1. The number of anilines is 2. The van der Waals surface area contributed by atoms with Crippen LogP contribution < -0.4 is 15.4 Å². The second-order valence-corrected chi connectivity index (χ2v) is 4.54. The molecule has 0 aromatic heterocycles. The molecule has 0 saturated heterocycles. The van der Waals surface area contributed by atoms with Gasteiger partial charge in [-0.2, -0.15) is 0 Å². The molecule has 0 radical (unpaired) electrons. The molecule has 0 bridgehead atoms. The number of hydrogen-bond donors (Lipinski definition) is 1. The molecule has 3 heteroatoms. The van der Waals surface area contributed by atoms with Gasteiger partial charge in [-0.3, -0.25) is 0 Å². The Morgan fingerprint density at radius 3 is 2.50 bits per heavy atom. The average Bonchev–Trinajstić information content (AvgIpc) is 2.33. The van der Waals surface area contributed by atoms with E-state index in [-0.39, 0.29) is 0 Å². The Hall–Kier alpha value is -2.16. The fourth-order valence-corrected chi connectivity index (χ4v) is 1.71. The van der Waals surface area contributed by atoms with Gasteiger partial charge in [0, 0.05) is 25.8 Å². The maximum absolute atomic E-state index is 5.93. The SMILES string of the molecule is Cc1ccc(Oc2cccc(N(C)C)c2)c(N)c1. The molecule has 0 amide bonds. The number of nitrogens with zero attached hydrogens (tertiary/aromatic N) is 1.